The van der Waals surface area contributed by atoms with Crippen molar-refractivity contribution in [2.45, 2.75) is 20.3 Å². The molecule has 2 aromatic rings. The molecule has 1 N–H and O–H groups in total. The molecule has 0 unspecified atom stereocenters. The molecular weight excluding hydrogens is 172 g/mol. The third kappa shape index (κ3) is 1.38. The molecule has 0 saturated carbocycles. The molecule has 70 valence electrons. The van der Waals surface area contributed by atoms with Gasteiger partial charge in [0.2, 0.25) is 0 Å². The molecule has 0 saturated heterocycles. The van der Waals surface area contributed by atoms with E-state index in [0.29, 0.717) is 6.42 Å². The normalized spacial score (nSPS) is 10.4. The molecular formula is C12H12N2. The van der Waals surface area contributed by atoms with Crippen molar-refractivity contribution in [2.24, 2.45) is 0 Å². The molecule has 2 rings (SSSR count). The first-order chi connectivity index (χ1) is 6.70. The molecule has 14 heavy (non-hydrogen) atoms. The van der Waals surface area contributed by atoms with Crippen LogP contribution in [0.5, 0.6) is 0 Å². The number of rotatable bonds is 1. The first kappa shape index (κ1) is 8.83. The first-order valence-electron chi connectivity index (χ1n) is 4.60. The topological polar surface area (TPSA) is 28.7 Å². The van der Waals surface area contributed by atoms with Crippen LogP contribution >= 0.6 is 0 Å². The quantitative estimate of drug-likeness (QED) is 0.677. The van der Waals surface area contributed by atoms with Crippen LogP contribution in [0.3, 0.4) is 0 Å². The number of terminal acetylenes is 1. The minimum absolute atomic E-state index is 0.563. The number of hydrogen-bond acceptors (Lipinski definition) is 1. The van der Waals surface area contributed by atoms with Crippen molar-refractivity contribution in [2.75, 3.05) is 0 Å². The molecule has 1 aromatic heterocycles. The van der Waals surface area contributed by atoms with E-state index in [1.54, 1.807) is 0 Å². The molecule has 1 heterocycles. The molecule has 0 aliphatic heterocycles. The lowest BCUT2D eigenvalue weighted by Crippen LogP contribution is -1.82. The van der Waals surface area contributed by atoms with Crippen LogP contribution in [0.15, 0.2) is 12.1 Å². The fourth-order valence-electron chi connectivity index (χ4n) is 1.70. The number of aryl methyl sites for hydroxylation is 2. The predicted molar refractivity (Wildman–Crippen MR) is 58.1 cm³/mol. The molecule has 0 aliphatic carbocycles. The van der Waals surface area contributed by atoms with E-state index in [-0.39, 0.29) is 0 Å². The van der Waals surface area contributed by atoms with E-state index in [1.807, 2.05) is 0 Å². The summed E-state index contributed by atoms with van der Waals surface area (Å²) >= 11 is 0. The Morgan fingerprint density at radius 1 is 1.43 bits per heavy atom. The lowest BCUT2D eigenvalue weighted by Gasteiger charge is -1.96. The van der Waals surface area contributed by atoms with E-state index in [9.17, 15) is 0 Å². The van der Waals surface area contributed by atoms with Gasteiger partial charge in [0.05, 0.1) is 17.5 Å². The van der Waals surface area contributed by atoms with Crippen LogP contribution in [-0.2, 0) is 6.42 Å². The van der Waals surface area contributed by atoms with Gasteiger partial charge >= 0.3 is 0 Å². The fourth-order valence-corrected chi connectivity index (χ4v) is 1.70. The van der Waals surface area contributed by atoms with Gasteiger partial charge < -0.3 is 4.98 Å². The second-order valence-electron chi connectivity index (χ2n) is 3.54. The number of fused-ring (bicyclic) bond motifs is 1. The molecule has 0 spiro atoms. The Balaban J connectivity index is 2.66. The van der Waals surface area contributed by atoms with Crippen molar-refractivity contribution < 1.29 is 0 Å². The second kappa shape index (κ2) is 3.19. The number of imidazole rings is 1. The van der Waals surface area contributed by atoms with Crippen LogP contribution in [0.4, 0.5) is 0 Å². The Labute approximate surface area is 83.4 Å². The fraction of sp³-hybridized carbons (Fsp3) is 0.250. The highest BCUT2D eigenvalue weighted by atomic mass is 14.9. The van der Waals surface area contributed by atoms with Crippen molar-refractivity contribution in [3.05, 3.63) is 29.1 Å². The van der Waals surface area contributed by atoms with Gasteiger partial charge in [0, 0.05) is 0 Å². The Hall–Kier alpha value is -1.75. The number of H-pyrrole nitrogens is 1. The van der Waals surface area contributed by atoms with Crippen molar-refractivity contribution in [1.29, 1.82) is 0 Å². The summed E-state index contributed by atoms with van der Waals surface area (Å²) in [5, 5.41) is 0. The van der Waals surface area contributed by atoms with Gasteiger partial charge in [-0.3, -0.25) is 0 Å². The van der Waals surface area contributed by atoms with Crippen LogP contribution < -0.4 is 0 Å². The van der Waals surface area contributed by atoms with Crippen molar-refractivity contribution in [3.8, 4) is 12.3 Å². The average molecular weight is 184 g/mol. The summed E-state index contributed by atoms with van der Waals surface area (Å²) < 4.78 is 0. The minimum atomic E-state index is 0.563. The molecule has 1 aromatic carbocycles. The highest BCUT2D eigenvalue weighted by Crippen LogP contribution is 2.18. The Morgan fingerprint density at radius 3 is 2.93 bits per heavy atom. The smallest absolute Gasteiger partial charge is 0.119 e. The van der Waals surface area contributed by atoms with Gasteiger partial charge in [0.25, 0.3) is 0 Å². The average Bonchev–Trinajstić information content (AvgIpc) is 2.48. The summed E-state index contributed by atoms with van der Waals surface area (Å²) in [6, 6.07) is 4.22. The van der Waals surface area contributed by atoms with Crippen molar-refractivity contribution in [1.82, 2.24) is 9.97 Å². The summed E-state index contributed by atoms with van der Waals surface area (Å²) in [6.07, 6.45) is 5.80. The number of aromatic amines is 1. The predicted octanol–water partition coefficient (Wildman–Crippen LogP) is 2.36. The Morgan fingerprint density at radius 2 is 2.21 bits per heavy atom. The molecule has 0 fully saturated rings. The van der Waals surface area contributed by atoms with E-state index >= 15 is 0 Å². The molecule has 0 radical (unpaired) electrons. The lowest BCUT2D eigenvalue weighted by atomic mass is 10.1. The SMILES string of the molecule is C#CCc1nc2c(C)cc(C)cc2[nH]1. The second-order valence-corrected chi connectivity index (χ2v) is 3.54. The van der Waals surface area contributed by atoms with Gasteiger partial charge in [-0.25, -0.2) is 4.98 Å². The van der Waals surface area contributed by atoms with Crippen molar-refractivity contribution >= 4 is 11.0 Å². The standard InChI is InChI=1S/C12H12N2/c1-4-5-11-13-10-7-8(2)6-9(3)12(10)14-11/h1,6-7H,5H2,2-3H3,(H,13,14). The maximum Gasteiger partial charge on any atom is 0.119 e. The number of nitrogens with zero attached hydrogens (tertiary/aromatic N) is 1. The van der Waals surface area contributed by atoms with Gasteiger partial charge in [-0.2, -0.15) is 0 Å². The zero-order valence-corrected chi connectivity index (χ0v) is 8.39. The van der Waals surface area contributed by atoms with Gasteiger partial charge in [0.1, 0.15) is 5.82 Å². The van der Waals surface area contributed by atoms with Crippen LogP contribution in [0.1, 0.15) is 17.0 Å². The highest BCUT2D eigenvalue weighted by Gasteiger charge is 2.04. The number of benzene rings is 1. The Kier molecular flexibility index (Phi) is 2.01. The molecule has 0 atom stereocenters. The van der Waals surface area contributed by atoms with Crippen molar-refractivity contribution in [3.63, 3.8) is 0 Å². The Bertz CT molecular complexity index is 515. The molecule has 2 nitrogen and oxygen atoms in total. The van der Waals surface area contributed by atoms with Gasteiger partial charge in [-0.05, 0) is 31.0 Å². The maximum atomic E-state index is 5.24. The van der Waals surface area contributed by atoms with E-state index in [1.165, 1.54) is 11.1 Å². The van der Waals surface area contributed by atoms with Gasteiger partial charge in [-0.1, -0.05) is 12.0 Å². The van der Waals surface area contributed by atoms with E-state index < -0.39 is 0 Å². The lowest BCUT2D eigenvalue weighted by molar-refractivity contribution is 1.09. The summed E-state index contributed by atoms with van der Waals surface area (Å²) in [4.78, 5) is 7.67. The zero-order chi connectivity index (χ0) is 10.1. The summed E-state index contributed by atoms with van der Waals surface area (Å²) in [5.74, 6) is 3.46. The summed E-state index contributed by atoms with van der Waals surface area (Å²) in [7, 11) is 0. The number of nitrogens with one attached hydrogen (secondary N) is 1. The third-order valence-corrected chi connectivity index (χ3v) is 2.24. The molecule has 0 amide bonds. The third-order valence-electron chi connectivity index (χ3n) is 2.24. The zero-order valence-electron chi connectivity index (χ0n) is 8.39. The largest absolute Gasteiger partial charge is 0.341 e. The molecule has 2 heteroatoms. The van der Waals surface area contributed by atoms with Crippen LogP contribution in [0.2, 0.25) is 0 Å². The van der Waals surface area contributed by atoms with E-state index in [2.05, 4.69) is 41.9 Å². The van der Waals surface area contributed by atoms with Gasteiger partial charge in [-0.15, -0.1) is 6.42 Å². The van der Waals surface area contributed by atoms with E-state index in [4.69, 9.17) is 6.42 Å². The highest BCUT2D eigenvalue weighted by molar-refractivity contribution is 5.79. The molecule has 0 bridgehead atoms. The maximum absolute atomic E-state index is 5.24. The molecule has 0 aliphatic rings. The van der Waals surface area contributed by atoms with Crippen LogP contribution in [0.25, 0.3) is 11.0 Å². The monoisotopic (exact) mass is 184 g/mol. The first-order valence-corrected chi connectivity index (χ1v) is 4.60. The van der Waals surface area contributed by atoms with Crippen LogP contribution in [-0.4, -0.2) is 9.97 Å². The van der Waals surface area contributed by atoms with E-state index in [0.717, 1.165) is 16.9 Å². The number of aromatic nitrogens is 2. The number of hydrogen-bond donors (Lipinski definition) is 1. The summed E-state index contributed by atoms with van der Waals surface area (Å²) in [6.45, 7) is 4.14. The van der Waals surface area contributed by atoms with Crippen LogP contribution in [0, 0.1) is 26.2 Å². The minimum Gasteiger partial charge on any atom is -0.341 e. The van der Waals surface area contributed by atoms with Gasteiger partial charge in [0.15, 0.2) is 0 Å². The summed E-state index contributed by atoms with van der Waals surface area (Å²) in [5.41, 5.74) is 4.54.